The van der Waals surface area contributed by atoms with Crippen LogP contribution in [0, 0.1) is 18.3 Å². The highest BCUT2D eigenvalue weighted by Gasteiger charge is 2.19. The summed E-state index contributed by atoms with van der Waals surface area (Å²) in [7, 11) is 1.77. The molecule has 0 bridgehead atoms. The van der Waals surface area contributed by atoms with Gasteiger partial charge in [0.15, 0.2) is 5.13 Å². The molecular weight excluding hydrogens is 298 g/mol. The van der Waals surface area contributed by atoms with E-state index < -0.39 is 0 Å². The van der Waals surface area contributed by atoms with Crippen LogP contribution in [0.4, 0.5) is 5.13 Å². The molecular formula is C11H10ClN7S. The Bertz CT molecular complexity index is 810. The number of hydrogen-bond acceptors (Lipinski definition) is 7. The molecule has 0 aliphatic heterocycles. The van der Waals surface area contributed by atoms with Gasteiger partial charge in [0.1, 0.15) is 23.0 Å². The minimum absolute atomic E-state index is 0. The van der Waals surface area contributed by atoms with Gasteiger partial charge in [-0.1, -0.05) is 16.6 Å². The van der Waals surface area contributed by atoms with Crippen molar-refractivity contribution in [3.05, 3.63) is 17.5 Å². The van der Waals surface area contributed by atoms with Gasteiger partial charge in [0, 0.05) is 7.05 Å². The summed E-state index contributed by atoms with van der Waals surface area (Å²) in [4.78, 5) is 8.45. The maximum absolute atomic E-state index is 9.40. The van der Waals surface area contributed by atoms with Gasteiger partial charge in [-0.05, 0) is 6.92 Å². The standard InChI is InChI=1S/C11H9N7S.ClH/c1-5-9(18(2)17-16-5)8-6(3-12)10-7(4-14-8)15-11(13)19-10;/h4H,1-2H3,(H2,13,15);1H. The molecule has 102 valence electrons. The fourth-order valence-electron chi connectivity index (χ4n) is 1.98. The number of anilines is 1. The van der Waals surface area contributed by atoms with Crippen LogP contribution in [0.5, 0.6) is 0 Å². The van der Waals surface area contributed by atoms with E-state index in [9.17, 15) is 5.26 Å². The minimum atomic E-state index is 0. The van der Waals surface area contributed by atoms with E-state index >= 15 is 0 Å². The zero-order valence-corrected chi connectivity index (χ0v) is 12.3. The molecule has 0 unspecified atom stereocenters. The van der Waals surface area contributed by atoms with Crippen LogP contribution in [-0.2, 0) is 7.05 Å². The number of halogens is 1. The van der Waals surface area contributed by atoms with E-state index in [-0.39, 0.29) is 12.4 Å². The van der Waals surface area contributed by atoms with Crippen molar-refractivity contribution < 1.29 is 0 Å². The van der Waals surface area contributed by atoms with Gasteiger partial charge in [-0.3, -0.25) is 4.98 Å². The Morgan fingerprint density at radius 1 is 1.45 bits per heavy atom. The number of nitrogens with zero attached hydrogens (tertiary/aromatic N) is 6. The molecule has 9 heteroatoms. The molecule has 0 atom stereocenters. The third-order valence-corrected chi connectivity index (χ3v) is 3.70. The molecule has 20 heavy (non-hydrogen) atoms. The Labute approximate surface area is 124 Å². The largest absolute Gasteiger partial charge is 0.375 e. The summed E-state index contributed by atoms with van der Waals surface area (Å²) >= 11 is 1.28. The molecule has 3 rings (SSSR count). The van der Waals surface area contributed by atoms with Crippen molar-refractivity contribution in [3.8, 4) is 17.5 Å². The molecule has 0 fully saturated rings. The van der Waals surface area contributed by atoms with E-state index in [0.717, 1.165) is 16.1 Å². The first-order valence-corrected chi connectivity index (χ1v) is 6.25. The van der Waals surface area contributed by atoms with Gasteiger partial charge in [-0.25, -0.2) is 9.67 Å². The molecule has 0 saturated carbocycles. The summed E-state index contributed by atoms with van der Waals surface area (Å²) in [5.74, 6) is 0. The lowest BCUT2D eigenvalue weighted by Crippen LogP contribution is -1.99. The average Bonchev–Trinajstić information content (AvgIpc) is 2.90. The van der Waals surface area contributed by atoms with E-state index in [4.69, 9.17) is 5.73 Å². The maximum atomic E-state index is 9.40. The topological polar surface area (TPSA) is 106 Å². The van der Waals surface area contributed by atoms with Crippen LogP contribution in [0.15, 0.2) is 6.20 Å². The lowest BCUT2D eigenvalue weighted by molar-refractivity contribution is 0.718. The fourth-order valence-corrected chi connectivity index (χ4v) is 2.78. The maximum Gasteiger partial charge on any atom is 0.181 e. The first-order chi connectivity index (χ1) is 9.11. The van der Waals surface area contributed by atoms with Gasteiger partial charge in [0.25, 0.3) is 0 Å². The van der Waals surface area contributed by atoms with Gasteiger partial charge in [0.2, 0.25) is 0 Å². The molecule has 0 saturated heterocycles. The number of aromatic nitrogens is 5. The normalized spacial score (nSPS) is 10.2. The molecule has 2 N–H and O–H groups in total. The highest BCUT2D eigenvalue weighted by Crippen LogP contribution is 2.32. The van der Waals surface area contributed by atoms with Gasteiger partial charge in [-0.15, -0.1) is 17.5 Å². The lowest BCUT2D eigenvalue weighted by atomic mass is 10.1. The molecule has 0 aliphatic rings. The lowest BCUT2D eigenvalue weighted by Gasteiger charge is -2.04. The van der Waals surface area contributed by atoms with E-state index in [1.54, 1.807) is 17.9 Å². The zero-order chi connectivity index (χ0) is 13.6. The molecule has 0 aliphatic carbocycles. The van der Waals surface area contributed by atoms with Gasteiger partial charge in [0.05, 0.1) is 22.2 Å². The summed E-state index contributed by atoms with van der Waals surface area (Å²) < 4.78 is 2.35. The van der Waals surface area contributed by atoms with Crippen molar-refractivity contribution in [1.29, 1.82) is 5.26 Å². The predicted molar refractivity (Wildman–Crippen MR) is 78.5 cm³/mol. The quantitative estimate of drug-likeness (QED) is 0.733. The smallest absolute Gasteiger partial charge is 0.181 e. The molecule has 0 amide bonds. The van der Waals surface area contributed by atoms with Crippen LogP contribution in [0.2, 0.25) is 0 Å². The Morgan fingerprint density at radius 2 is 2.20 bits per heavy atom. The summed E-state index contributed by atoms with van der Waals surface area (Å²) in [6.07, 6.45) is 1.62. The fraction of sp³-hybridized carbons (Fsp3) is 0.182. The average molecular weight is 308 g/mol. The van der Waals surface area contributed by atoms with E-state index in [2.05, 4.69) is 26.3 Å². The zero-order valence-electron chi connectivity index (χ0n) is 10.7. The second-order valence-corrected chi connectivity index (χ2v) is 5.04. The van der Waals surface area contributed by atoms with Crippen LogP contribution in [-0.4, -0.2) is 25.0 Å². The van der Waals surface area contributed by atoms with Crippen molar-refractivity contribution in [2.45, 2.75) is 6.92 Å². The Hall–Kier alpha value is -2.24. The number of nitrogens with two attached hydrogens (primary N) is 1. The third-order valence-electron chi connectivity index (χ3n) is 2.78. The highest BCUT2D eigenvalue weighted by molar-refractivity contribution is 7.22. The number of pyridine rings is 1. The summed E-state index contributed by atoms with van der Waals surface area (Å²) in [6, 6.07) is 2.18. The molecule has 7 nitrogen and oxygen atoms in total. The second kappa shape index (κ2) is 5.03. The number of fused-ring (bicyclic) bond motifs is 1. The molecule has 0 radical (unpaired) electrons. The monoisotopic (exact) mass is 307 g/mol. The SMILES string of the molecule is Cc1nnn(C)c1-c1ncc2nc(N)sc2c1C#N.Cl. The Kier molecular flexibility index (Phi) is 3.57. The van der Waals surface area contributed by atoms with Crippen LogP contribution < -0.4 is 5.73 Å². The molecule has 3 aromatic heterocycles. The van der Waals surface area contributed by atoms with Crippen molar-refractivity contribution in [3.63, 3.8) is 0 Å². The number of nitrogen functional groups attached to an aromatic ring is 1. The number of rotatable bonds is 1. The summed E-state index contributed by atoms with van der Waals surface area (Å²) in [6.45, 7) is 1.83. The number of thiazole rings is 1. The third kappa shape index (κ3) is 1.97. The second-order valence-electron chi connectivity index (χ2n) is 4.01. The van der Waals surface area contributed by atoms with E-state index in [0.29, 0.717) is 21.9 Å². The molecule has 3 aromatic rings. The van der Waals surface area contributed by atoms with Crippen LogP contribution in [0.3, 0.4) is 0 Å². The molecule has 3 heterocycles. The number of nitriles is 1. The van der Waals surface area contributed by atoms with Crippen molar-refractivity contribution in [1.82, 2.24) is 25.0 Å². The van der Waals surface area contributed by atoms with Gasteiger partial charge in [-0.2, -0.15) is 5.26 Å². The van der Waals surface area contributed by atoms with Crippen LogP contribution >= 0.6 is 23.7 Å². The van der Waals surface area contributed by atoms with Gasteiger partial charge < -0.3 is 5.73 Å². The molecule has 0 spiro atoms. The molecule has 0 aromatic carbocycles. The van der Waals surface area contributed by atoms with E-state index in [1.807, 2.05) is 6.92 Å². The van der Waals surface area contributed by atoms with Crippen molar-refractivity contribution >= 4 is 39.1 Å². The van der Waals surface area contributed by atoms with Gasteiger partial charge >= 0.3 is 0 Å². The highest BCUT2D eigenvalue weighted by atomic mass is 35.5. The minimum Gasteiger partial charge on any atom is -0.375 e. The first-order valence-electron chi connectivity index (χ1n) is 5.43. The first kappa shape index (κ1) is 14.2. The Balaban J connectivity index is 0.00000147. The van der Waals surface area contributed by atoms with Crippen LogP contribution in [0.1, 0.15) is 11.3 Å². The van der Waals surface area contributed by atoms with E-state index in [1.165, 1.54) is 11.3 Å². The van der Waals surface area contributed by atoms with Crippen molar-refractivity contribution in [2.24, 2.45) is 7.05 Å². The number of hydrogen-bond donors (Lipinski definition) is 1. The summed E-state index contributed by atoms with van der Waals surface area (Å²) in [5, 5.41) is 17.7. The predicted octanol–water partition coefficient (Wildman–Crippen LogP) is 1.67. The summed E-state index contributed by atoms with van der Waals surface area (Å²) in [5.41, 5.74) is 8.79. The van der Waals surface area contributed by atoms with Crippen LogP contribution in [0.25, 0.3) is 21.6 Å². The van der Waals surface area contributed by atoms with Crippen molar-refractivity contribution in [2.75, 3.05) is 5.73 Å². The Morgan fingerprint density at radius 3 is 2.80 bits per heavy atom. The number of aryl methyl sites for hydroxylation is 2.